The van der Waals surface area contributed by atoms with Crippen LogP contribution in [-0.4, -0.2) is 29.6 Å². The number of aromatic nitrogens is 2. The standard InChI is InChI=1S/C19H20N4/c1-14-6-2-3-7-15(14)18-12-20-10-11-23(18)19-16-8-4-5-9-17(16)21-13-22-19/h2-9,13,18,20H,10-12H2,1H3. The molecule has 1 saturated heterocycles. The first-order valence-corrected chi connectivity index (χ1v) is 8.07. The zero-order valence-electron chi connectivity index (χ0n) is 13.2. The molecular formula is C19H20N4. The highest BCUT2D eigenvalue weighted by atomic mass is 15.3. The van der Waals surface area contributed by atoms with E-state index in [2.05, 4.69) is 63.5 Å². The third kappa shape index (κ3) is 2.55. The number of aryl methyl sites for hydroxylation is 1. The molecule has 0 radical (unpaired) electrons. The van der Waals surface area contributed by atoms with E-state index in [1.165, 1.54) is 11.1 Å². The molecular weight excluding hydrogens is 284 g/mol. The summed E-state index contributed by atoms with van der Waals surface area (Å²) in [5.74, 6) is 1.03. The van der Waals surface area contributed by atoms with Gasteiger partial charge in [0.1, 0.15) is 12.1 Å². The highest BCUT2D eigenvalue weighted by Crippen LogP contribution is 2.32. The molecule has 4 heteroatoms. The predicted molar refractivity (Wildman–Crippen MR) is 93.7 cm³/mol. The van der Waals surface area contributed by atoms with Crippen molar-refractivity contribution in [2.75, 3.05) is 24.5 Å². The lowest BCUT2D eigenvalue weighted by Crippen LogP contribution is -2.46. The van der Waals surface area contributed by atoms with Crippen LogP contribution >= 0.6 is 0 Å². The Kier molecular flexibility index (Phi) is 3.67. The molecule has 0 amide bonds. The molecule has 3 aromatic rings. The zero-order valence-corrected chi connectivity index (χ0v) is 13.2. The van der Waals surface area contributed by atoms with Crippen molar-refractivity contribution in [2.45, 2.75) is 13.0 Å². The summed E-state index contributed by atoms with van der Waals surface area (Å²) in [6.07, 6.45) is 1.68. The normalized spacial score (nSPS) is 18.3. The third-order valence-corrected chi connectivity index (χ3v) is 4.58. The molecule has 1 unspecified atom stereocenters. The maximum absolute atomic E-state index is 4.62. The van der Waals surface area contributed by atoms with Crippen LogP contribution in [0.4, 0.5) is 5.82 Å². The molecule has 4 rings (SSSR count). The van der Waals surface area contributed by atoms with Gasteiger partial charge in [0, 0.05) is 25.0 Å². The lowest BCUT2D eigenvalue weighted by molar-refractivity contribution is 0.486. The quantitative estimate of drug-likeness (QED) is 0.790. The summed E-state index contributed by atoms with van der Waals surface area (Å²) in [5, 5.41) is 4.64. The average Bonchev–Trinajstić information content (AvgIpc) is 2.62. The molecule has 0 saturated carbocycles. The molecule has 2 heterocycles. The van der Waals surface area contributed by atoms with Crippen molar-refractivity contribution in [3.8, 4) is 0 Å². The molecule has 4 nitrogen and oxygen atoms in total. The Morgan fingerprint density at radius 1 is 1.04 bits per heavy atom. The molecule has 1 N–H and O–H groups in total. The molecule has 1 fully saturated rings. The van der Waals surface area contributed by atoms with E-state index in [1.807, 2.05) is 12.1 Å². The lowest BCUT2D eigenvalue weighted by Gasteiger charge is -2.38. The summed E-state index contributed by atoms with van der Waals surface area (Å²) in [6, 6.07) is 17.2. The van der Waals surface area contributed by atoms with Gasteiger partial charge in [0.2, 0.25) is 0 Å². The maximum Gasteiger partial charge on any atom is 0.140 e. The van der Waals surface area contributed by atoms with Gasteiger partial charge >= 0.3 is 0 Å². The predicted octanol–water partition coefficient (Wildman–Crippen LogP) is 3.09. The summed E-state index contributed by atoms with van der Waals surface area (Å²) in [7, 11) is 0. The van der Waals surface area contributed by atoms with Gasteiger partial charge in [-0.25, -0.2) is 9.97 Å². The monoisotopic (exact) mass is 304 g/mol. The molecule has 1 atom stereocenters. The Bertz CT molecular complexity index is 825. The number of benzene rings is 2. The Balaban J connectivity index is 1.83. The third-order valence-electron chi connectivity index (χ3n) is 4.58. The molecule has 23 heavy (non-hydrogen) atoms. The van der Waals surface area contributed by atoms with Gasteiger partial charge in [0.25, 0.3) is 0 Å². The number of piperazine rings is 1. The SMILES string of the molecule is Cc1ccccc1C1CNCCN1c1ncnc2ccccc12. The van der Waals surface area contributed by atoms with E-state index < -0.39 is 0 Å². The van der Waals surface area contributed by atoms with E-state index in [0.717, 1.165) is 36.4 Å². The minimum Gasteiger partial charge on any atom is -0.346 e. The molecule has 1 aliphatic heterocycles. The first-order valence-electron chi connectivity index (χ1n) is 8.07. The fourth-order valence-corrected chi connectivity index (χ4v) is 3.42. The van der Waals surface area contributed by atoms with E-state index in [1.54, 1.807) is 6.33 Å². The first-order chi connectivity index (χ1) is 11.3. The minimum atomic E-state index is 0.295. The summed E-state index contributed by atoms with van der Waals surface area (Å²) in [5.41, 5.74) is 3.69. The summed E-state index contributed by atoms with van der Waals surface area (Å²) >= 11 is 0. The second-order valence-electron chi connectivity index (χ2n) is 5.98. The van der Waals surface area contributed by atoms with Crippen molar-refractivity contribution in [3.05, 3.63) is 66.0 Å². The first kappa shape index (κ1) is 14.2. The maximum atomic E-state index is 4.62. The molecule has 116 valence electrons. The summed E-state index contributed by atoms with van der Waals surface area (Å²) in [4.78, 5) is 11.4. The van der Waals surface area contributed by atoms with Gasteiger partial charge in [0.15, 0.2) is 0 Å². The number of fused-ring (bicyclic) bond motifs is 1. The van der Waals surface area contributed by atoms with Crippen LogP contribution in [0.15, 0.2) is 54.9 Å². The van der Waals surface area contributed by atoms with E-state index in [4.69, 9.17) is 0 Å². The largest absolute Gasteiger partial charge is 0.346 e. The van der Waals surface area contributed by atoms with Crippen molar-refractivity contribution < 1.29 is 0 Å². The number of rotatable bonds is 2. The molecule has 1 aliphatic rings. The topological polar surface area (TPSA) is 41.0 Å². The number of hydrogen-bond donors (Lipinski definition) is 1. The fourth-order valence-electron chi connectivity index (χ4n) is 3.42. The lowest BCUT2D eigenvalue weighted by atomic mass is 9.98. The van der Waals surface area contributed by atoms with E-state index in [0.29, 0.717) is 6.04 Å². The number of anilines is 1. The van der Waals surface area contributed by atoms with E-state index in [9.17, 15) is 0 Å². The Morgan fingerprint density at radius 3 is 2.78 bits per heavy atom. The van der Waals surface area contributed by atoms with Crippen molar-refractivity contribution in [1.82, 2.24) is 15.3 Å². The number of nitrogens with one attached hydrogen (secondary N) is 1. The van der Waals surface area contributed by atoms with Gasteiger partial charge in [-0.2, -0.15) is 0 Å². The fraction of sp³-hybridized carbons (Fsp3) is 0.263. The Labute approximate surface area is 136 Å². The molecule has 0 bridgehead atoms. The van der Waals surface area contributed by atoms with Crippen LogP contribution in [0.1, 0.15) is 17.2 Å². The summed E-state index contributed by atoms with van der Waals surface area (Å²) in [6.45, 7) is 5.03. The number of para-hydroxylation sites is 1. The molecule has 0 spiro atoms. The van der Waals surface area contributed by atoms with Crippen molar-refractivity contribution >= 4 is 16.7 Å². The van der Waals surface area contributed by atoms with Crippen molar-refractivity contribution in [2.24, 2.45) is 0 Å². The average molecular weight is 304 g/mol. The van der Waals surface area contributed by atoms with E-state index >= 15 is 0 Å². The number of nitrogens with zero attached hydrogens (tertiary/aromatic N) is 3. The van der Waals surface area contributed by atoms with Gasteiger partial charge < -0.3 is 10.2 Å². The van der Waals surface area contributed by atoms with Gasteiger partial charge in [-0.3, -0.25) is 0 Å². The second kappa shape index (κ2) is 5.97. The van der Waals surface area contributed by atoms with Gasteiger partial charge in [-0.1, -0.05) is 36.4 Å². The highest BCUT2D eigenvalue weighted by molar-refractivity contribution is 5.89. The van der Waals surface area contributed by atoms with E-state index in [-0.39, 0.29) is 0 Å². The minimum absolute atomic E-state index is 0.295. The van der Waals surface area contributed by atoms with Crippen molar-refractivity contribution in [1.29, 1.82) is 0 Å². The molecule has 1 aromatic heterocycles. The molecule has 2 aromatic carbocycles. The molecule has 0 aliphatic carbocycles. The van der Waals surface area contributed by atoms with Crippen LogP contribution in [0, 0.1) is 6.92 Å². The summed E-state index contributed by atoms with van der Waals surface area (Å²) < 4.78 is 0. The second-order valence-corrected chi connectivity index (χ2v) is 5.98. The van der Waals surface area contributed by atoms with Gasteiger partial charge in [0.05, 0.1) is 11.6 Å². The Hall–Kier alpha value is -2.46. The van der Waals surface area contributed by atoms with Crippen LogP contribution < -0.4 is 10.2 Å². The van der Waals surface area contributed by atoms with Crippen LogP contribution in [0.5, 0.6) is 0 Å². The number of hydrogen-bond acceptors (Lipinski definition) is 4. The van der Waals surface area contributed by atoms with Gasteiger partial charge in [-0.15, -0.1) is 0 Å². The van der Waals surface area contributed by atoms with Crippen LogP contribution in [0.3, 0.4) is 0 Å². The van der Waals surface area contributed by atoms with Crippen LogP contribution in [0.2, 0.25) is 0 Å². The van der Waals surface area contributed by atoms with Crippen LogP contribution in [-0.2, 0) is 0 Å². The van der Waals surface area contributed by atoms with Gasteiger partial charge in [-0.05, 0) is 30.2 Å². The Morgan fingerprint density at radius 2 is 1.87 bits per heavy atom. The highest BCUT2D eigenvalue weighted by Gasteiger charge is 2.27. The van der Waals surface area contributed by atoms with Crippen molar-refractivity contribution in [3.63, 3.8) is 0 Å². The smallest absolute Gasteiger partial charge is 0.140 e. The van der Waals surface area contributed by atoms with Crippen LogP contribution in [0.25, 0.3) is 10.9 Å². The zero-order chi connectivity index (χ0) is 15.6.